The molecule has 132 valence electrons. The van der Waals surface area contributed by atoms with Gasteiger partial charge in [-0.05, 0) is 26.2 Å². The molecule has 0 bridgehead atoms. The highest BCUT2D eigenvalue weighted by Crippen LogP contribution is 2.12. The molecule has 22 heavy (non-hydrogen) atoms. The molecule has 0 fully saturated rings. The topological polar surface area (TPSA) is 26.3 Å². The van der Waals surface area contributed by atoms with Gasteiger partial charge in [0.2, 0.25) is 0 Å². The number of rotatable bonds is 16. The third-order valence-corrected chi connectivity index (χ3v) is 4.28. The average molecular weight is 313 g/mol. The normalized spacial score (nSPS) is 12.3. The fourth-order valence-corrected chi connectivity index (χ4v) is 2.78. The summed E-state index contributed by atoms with van der Waals surface area (Å²) < 4.78 is 5.48. The summed E-state index contributed by atoms with van der Waals surface area (Å²) >= 11 is 0. The summed E-state index contributed by atoms with van der Waals surface area (Å²) in [5, 5.41) is 0. The van der Waals surface area contributed by atoms with Gasteiger partial charge in [-0.25, -0.2) is 0 Å². The molecule has 0 spiro atoms. The summed E-state index contributed by atoms with van der Waals surface area (Å²) in [6.07, 6.45) is 18.3. The summed E-state index contributed by atoms with van der Waals surface area (Å²) in [6, 6.07) is 0. The Morgan fingerprint density at radius 3 is 1.73 bits per heavy atom. The van der Waals surface area contributed by atoms with Gasteiger partial charge < -0.3 is 4.74 Å². The van der Waals surface area contributed by atoms with Crippen LogP contribution < -0.4 is 0 Å². The molecule has 0 heterocycles. The van der Waals surface area contributed by atoms with E-state index in [0.717, 1.165) is 12.8 Å². The molecule has 2 nitrogen and oxygen atoms in total. The van der Waals surface area contributed by atoms with Gasteiger partial charge in [-0.1, -0.05) is 84.5 Å². The highest BCUT2D eigenvalue weighted by atomic mass is 16.5. The van der Waals surface area contributed by atoms with E-state index < -0.39 is 0 Å². The second kappa shape index (κ2) is 16.8. The van der Waals surface area contributed by atoms with Gasteiger partial charge in [-0.2, -0.15) is 0 Å². The minimum atomic E-state index is 0.00652. The van der Waals surface area contributed by atoms with E-state index in [-0.39, 0.29) is 12.1 Å². The molecule has 0 saturated heterocycles. The molecule has 0 aromatic carbocycles. The first-order valence-corrected chi connectivity index (χ1v) is 9.90. The van der Waals surface area contributed by atoms with E-state index in [4.69, 9.17) is 4.74 Å². The molecule has 0 N–H and O–H groups in total. The van der Waals surface area contributed by atoms with E-state index in [1.165, 1.54) is 77.0 Å². The van der Waals surface area contributed by atoms with Gasteiger partial charge in [0.25, 0.3) is 0 Å². The van der Waals surface area contributed by atoms with Crippen LogP contribution in [0.25, 0.3) is 0 Å². The van der Waals surface area contributed by atoms with E-state index in [9.17, 15) is 4.79 Å². The van der Waals surface area contributed by atoms with E-state index >= 15 is 0 Å². The molecular formula is C20H40O2. The lowest BCUT2D eigenvalue weighted by Gasteiger charge is -2.13. The number of carbonyl (C=O) groups is 1. The number of unbranched alkanes of at least 4 members (excludes halogenated alkanes) is 11. The SMILES string of the molecule is CCCCCCCCCCC(=O)OC(C)CCCCCCC. The van der Waals surface area contributed by atoms with Crippen molar-refractivity contribution in [1.29, 1.82) is 0 Å². The Hall–Kier alpha value is -0.530. The maximum Gasteiger partial charge on any atom is 0.306 e. The lowest BCUT2D eigenvalue weighted by atomic mass is 10.1. The molecule has 0 aliphatic heterocycles. The van der Waals surface area contributed by atoms with Crippen molar-refractivity contribution in [3.63, 3.8) is 0 Å². The standard InChI is InChI=1S/C20H40O2/c1-4-6-8-10-11-12-14-16-18-20(21)22-19(3)17-15-13-9-7-5-2/h19H,4-18H2,1-3H3. The van der Waals surface area contributed by atoms with Crippen molar-refractivity contribution in [2.75, 3.05) is 0 Å². The third kappa shape index (κ3) is 15.9. The molecule has 0 aliphatic carbocycles. The summed E-state index contributed by atoms with van der Waals surface area (Å²) in [7, 11) is 0. The van der Waals surface area contributed by atoms with E-state index in [2.05, 4.69) is 13.8 Å². The number of esters is 1. The van der Waals surface area contributed by atoms with Crippen molar-refractivity contribution >= 4 is 5.97 Å². The Labute approximate surface area is 139 Å². The molecule has 0 aromatic heterocycles. The zero-order valence-corrected chi connectivity index (χ0v) is 15.5. The lowest BCUT2D eigenvalue weighted by molar-refractivity contribution is -0.148. The Kier molecular flexibility index (Phi) is 16.4. The molecule has 0 saturated carbocycles. The van der Waals surface area contributed by atoms with Crippen molar-refractivity contribution in [3.05, 3.63) is 0 Å². The van der Waals surface area contributed by atoms with Gasteiger partial charge in [-0.3, -0.25) is 4.79 Å². The van der Waals surface area contributed by atoms with Crippen LogP contribution in [0, 0.1) is 0 Å². The highest BCUT2D eigenvalue weighted by Gasteiger charge is 2.08. The van der Waals surface area contributed by atoms with Gasteiger partial charge in [0.05, 0.1) is 6.10 Å². The predicted octanol–water partition coefficient (Wildman–Crippen LogP) is 6.81. The Morgan fingerprint density at radius 2 is 1.18 bits per heavy atom. The Bertz CT molecular complexity index is 238. The molecule has 0 aromatic rings. The quantitative estimate of drug-likeness (QED) is 0.231. The molecule has 0 rings (SSSR count). The number of ether oxygens (including phenoxy) is 1. The molecule has 0 radical (unpaired) electrons. The van der Waals surface area contributed by atoms with Crippen LogP contribution >= 0.6 is 0 Å². The van der Waals surface area contributed by atoms with Crippen molar-refractivity contribution < 1.29 is 9.53 Å². The lowest BCUT2D eigenvalue weighted by Crippen LogP contribution is -2.14. The van der Waals surface area contributed by atoms with Crippen molar-refractivity contribution in [2.24, 2.45) is 0 Å². The van der Waals surface area contributed by atoms with Crippen molar-refractivity contribution in [1.82, 2.24) is 0 Å². The van der Waals surface area contributed by atoms with Gasteiger partial charge in [-0.15, -0.1) is 0 Å². The monoisotopic (exact) mass is 312 g/mol. The molecular weight excluding hydrogens is 272 g/mol. The van der Waals surface area contributed by atoms with Crippen LogP contribution in [0.3, 0.4) is 0 Å². The largest absolute Gasteiger partial charge is 0.463 e. The minimum absolute atomic E-state index is 0.00652. The zero-order valence-electron chi connectivity index (χ0n) is 15.5. The van der Waals surface area contributed by atoms with Crippen LogP contribution in [0.2, 0.25) is 0 Å². The molecule has 2 heteroatoms. The third-order valence-electron chi connectivity index (χ3n) is 4.28. The van der Waals surface area contributed by atoms with Crippen LogP contribution in [0.5, 0.6) is 0 Å². The molecule has 0 aliphatic rings. The van der Waals surface area contributed by atoms with E-state index in [0.29, 0.717) is 6.42 Å². The first-order chi connectivity index (χ1) is 10.7. The summed E-state index contributed by atoms with van der Waals surface area (Å²) in [5.41, 5.74) is 0. The van der Waals surface area contributed by atoms with Crippen LogP contribution in [0.1, 0.15) is 117 Å². The number of carbonyl (C=O) groups excluding carboxylic acids is 1. The van der Waals surface area contributed by atoms with E-state index in [1.807, 2.05) is 6.92 Å². The minimum Gasteiger partial charge on any atom is -0.463 e. The Balaban J connectivity index is 3.33. The first-order valence-electron chi connectivity index (χ1n) is 9.90. The predicted molar refractivity (Wildman–Crippen MR) is 96.2 cm³/mol. The van der Waals surface area contributed by atoms with Crippen LogP contribution in [-0.4, -0.2) is 12.1 Å². The maximum absolute atomic E-state index is 11.7. The fraction of sp³-hybridized carbons (Fsp3) is 0.950. The van der Waals surface area contributed by atoms with Gasteiger partial charge >= 0.3 is 5.97 Å². The number of hydrogen-bond acceptors (Lipinski definition) is 2. The fourth-order valence-electron chi connectivity index (χ4n) is 2.78. The Morgan fingerprint density at radius 1 is 0.727 bits per heavy atom. The summed E-state index contributed by atoms with van der Waals surface area (Å²) in [4.78, 5) is 11.7. The first kappa shape index (κ1) is 21.5. The van der Waals surface area contributed by atoms with Crippen LogP contribution in [-0.2, 0) is 9.53 Å². The molecule has 1 unspecified atom stereocenters. The van der Waals surface area contributed by atoms with Gasteiger partial charge in [0.1, 0.15) is 0 Å². The van der Waals surface area contributed by atoms with Crippen LogP contribution in [0.15, 0.2) is 0 Å². The smallest absolute Gasteiger partial charge is 0.306 e. The highest BCUT2D eigenvalue weighted by molar-refractivity contribution is 5.69. The number of hydrogen-bond donors (Lipinski definition) is 0. The molecule has 1 atom stereocenters. The summed E-state index contributed by atoms with van der Waals surface area (Å²) in [6.45, 7) is 6.51. The average Bonchev–Trinajstić information content (AvgIpc) is 2.49. The van der Waals surface area contributed by atoms with Gasteiger partial charge in [0, 0.05) is 6.42 Å². The second-order valence-electron chi connectivity index (χ2n) is 6.73. The molecule has 0 amide bonds. The van der Waals surface area contributed by atoms with E-state index in [1.54, 1.807) is 0 Å². The van der Waals surface area contributed by atoms with Gasteiger partial charge in [0.15, 0.2) is 0 Å². The zero-order chi connectivity index (χ0) is 16.5. The van der Waals surface area contributed by atoms with Crippen LogP contribution in [0.4, 0.5) is 0 Å². The van der Waals surface area contributed by atoms with Crippen molar-refractivity contribution in [3.8, 4) is 0 Å². The van der Waals surface area contributed by atoms with Crippen molar-refractivity contribution in [2.45, 2.75) is 123 Å². The maximum atomic E-state index is 11.7. The second-order valence-corrected chi connectivity index (χ2v) is 6.73. The summed E-state index contributed by atoms with van der Waals surface area (Å²) in [5.74, 6) is 0.00652.